The summed E-state index contributed by atoms with van der Waals surface area (Å²) in [5.74, 6) is 1.33. The number of rotatable bonds is 3. The molecule has 0 saturated heterocycles. The van der Waals surface area contributed by atoms with Crippen molar-refractivity contribution in [3.8, 4) is 0 Å². The first-order valence-corrected chi connectivity index (χ1v) is 8.07. The van der Waals surface area contributed by atoms with E-state index in [-0.39, 0.29) is 17.2 Å². The van der Waals surface area contributed by atoms with Crippen LogP contribution in [0.5, 0.6) is 0 Å². The molecule has 0 radical (unpaired) electrons. The molecule has 5 heteroatoms. The first-order chi connectivity index (χ1) is 10.3. The minimum absolute atomic E-state index is 0.0230. The molecule has 0 atom stereocenters. The second kappa shape index (κ2) is 6.63. The SMILES string of the molecule is CN(C)C(=O)[C@H]1CC[C@@H](Nc2cc(C(C)(C)C)ncn2)CC1. The van der Waals surface area contributed by atoms with E-state index in [1.165, 1.54) is 0 Å². The Morgan fingerprint density at radius 2 is 1.82 bits per heavy atom. The summed E-state index contributed by atoms with van der Waals surface area (Å²) in [6, 6.07) is 2.44. The number of anilines is 1. The van der Waals surface area contributed by atoms with Crippen molar-refractivity contribution in [3.63, 3.8) is 0 Å². The Morgan fingerprint density at radius 1 is 1.18 bits per heavy atom. The molecule has 0 unspecified atom stereocenters. The maximum Gasteiger partial charge on any atom is 0.225 e. The Hall–Kier alpha value is -1.65. The van der Waals surface area contributed by atoms with E-state index in [1.54, 1.807) is 11.2 Å². The van der Waals surface area contributed by atoms with E-state index < -0.39 is 0 Å². The molecule has 1 aliphatic carbocycles. The molecule has 0 bridgehead atoms. The molecule has 1 saturated carbocycles. The summed E-state index contributed by atoms with van der Waals surface area (Å²) in [6.45, 7) is 6.45. The smallest absolute Gasteiger partial charge is 0.225 e. The summed E-state index contributed by atoms with van der Waals surface area (Å²) < 4.78 is 0. The number of hydrogen-bond acceptors (Lipinski definition) is 4. The van der Waals surface area contributed by atoms with Crippen LogP contribution in [0.2, 0.25) is 0 Å². The van der Waals surface area contributed by atoms with Gasteiger partial charge in [-0.25, -0.2) is 9.97 Å². The lowest BCUT2D eigenvalue weighted by molar-refractivity contribution is -0.133. The minimum atomic E-state index is 0.0230. The van der Waals surface area contributed by atoms with E-state index in [1.807, 2.05) is 20.2 Å². The van der Waals surface area contributed by atoms with Gasteiger partial charge in [-0.3, -0.25) is 4.79 Å². The van der Waals surface area contributed by atoms with Crippen LogP contribution in [0.3, 0.4) is 0 Å². The quantitative estimate of drug-likeness (QED) is 0.933. The van der Waals surface area contributed by atoms with Gasteiger partial charge in [0.2, 0.25) is 5.91 Å². The van der Waals surface area contributed by atoms with Crippen LogP contribution in [0, 0.1) is 5.92 Å². The van der Waals surface area contributed by atoms with Crippen molar-refractivity contribution in [3.05, 3.63) is 18.1 Å². The number of hydrogen-bond donors (Lipinski definition) is 1. The summed E-state index contributed by atoms with van der Waals surface area (Å²) in [5, 5.41) is 3.51. The molecular formula is C17H28N4O. The van der Waals surface area contributed by atoms with Gasteiger partial charge in [0.25, 0.3) is 0 Å². The highest BCUT2D eigenvalue weighted by Crippen LogP contribution is 2.28. The van der Waals surface area contributed by atoms with Crippen LogP contribution in [0.4, 0.5) is 5.82 Å². The molecule has 1 fully saturated rings. The Morgan fingerprint density at radius 3 is 2.36 bits per heavy atom. The fraction of sp³-hybridized carbons (Fsp3) is 0.706. The van der Waals surface area contributed by atoms with Crippen LogP contribution in [0.1, 0.15) is 52.1 Å². The van der Waals surface area contributed by atoms with Gasteiger partial charge < -0.3 is 10.2 Å². The van der Waals surface area contributed by atoms with Gasteiger partial charge in [0.1, 0.15) is 12.1 Å². The van der Waals surface area contributed by atoms with Crippen molar-refractivity contribution >= 4 is 11.7 Å². The van der Waals surface area contributed by atoms with Crippen molar-refractivity contribution in [1.29, 1.82) is 0 Å². The third-order valence-electron chi connectivity index (χ3n) is 4.30. The van der Waals surface area contributed by atoms with Crippen molar-refractivity contribution < 1.29 is 4.79 Å². The second-order valence-electron chi connectivity index (χ2n) is 7.46. The van der Waals surface area contributed by atoms with E-state index in [9.17, 15) is 4.79 Å². The minimum Gasteiger partial charge on any atom is -0.367 e. The van der Waals surface area contributed by atoms with Gasteiger partial charge in [-0.1, -0.05) is 20.8 Å². The predicted octanol–water partition coefficient (Wildman–Crippen LogP) is 2.83. The second-order valence-corrected chi connectivity index (χ2v) is 7.46. The van der Waals surface area contributed by atoms with E-state index >= 15 is 0 Å². The van der Waals surface area contributed by atoms with E-state index in [2.05, 4.69) is 36.1 Å². The maximum atomic E-state index is 12.0. The molecule has 1 amide bonds. The molecule has 1 heterocycles. The molecule has 122 valence electrons. The zero-order valence-corrected chi connectivity index (χ0v) is 14.4. The summed E-state index contributed by atoms with van der Waals surface area (Å²) in [6.07, 6.45) is 5.56. The third-order valence-corrected chi connectivity index (χ3v) is 4.30. The number of carbonyl (C=O) groups is 1. The van der Waals surface area contributed by atoms with E-state index in [4.69, 9.17) is 0 Å². The lowest BCUT2D eigenvalue weighted by Gasteiger charge is -2.30. The summed E-state index contributed by atoms with van der Waals surface area (Å²) in [4.78, 5) is 22.4. The molecule has 0 aliphatic heterocycles. The van der Waals surface area contributed by atoms with Crippen LogP contribution in [-0.4, -0.2) is 40.9 Å². The average molecular weight is 304 g/mol. The van der Waals surface area contributed by atoms with E-state index in [0.29, 0.717) is 6.04 Å². The first kappa shape index (κ1) is 16.7. The first-order valence-electron chi connectivity index (χ1n) is 8.07. The van der Waals surface area contributed by atoms with Gasteiger partial charge in [-0.2, -0.15) is 0 Å². The number of aromatic nitrogens is 2. The number of nitrogens with zero attached hydrogens (tertiary/aromatic N) is 3. The predicted molar refractivity (Wildman–Crippen MR) is 88.8 cm³/mol. The fourth-order valence-electron chi connectivity index (χ4n) is 2.91. The Balaban J connectivity index is 1.93. The summed E-state index contributed by atoms with van der Waals surface area (Å²) in [7, 11) is 3.67. The standard InChI is InChI=1S/C17H28N4O/c1-17(2,3)14-10-15(19-11-18-14)20-13-8-6-12(7-9-13)16(22)21(4)5/h10-13H,6-9H2,1-5H3,(H,18,19,20)/t12-,13+. The van der Waals surface area contributed by atoms with E-state index in [0.717, 1.165) is 37.2 Å². The van der Waals surface area contributed by atoms with Crippen LogP contribution in [0.15, 0.2) is 12.4 Å². The van der Waals surface area contributed by atoms with Crippen molar-refractivity contribution in [1.82, 2.24) is 14.9 Å². The Kier molecular flexibility index (Phi) is 5.04. The third kappa shape index (κ3) is 4.18. The molecule has 22 heavy (non-hydrogen) atoms. The molecule has 1 aromatic heterocycles. The lowest BCUT2D eigenvalue weighted by Crippen LogP contribution is -2.35. The van der Waals surface area contributed by atoms with Crippen molar-refractivity contribution in [2.24, 2.45) is 5.92 Å². The number of carbonyl (C=O) groups excluding carboxylic acids is 1. The molecule has 0 aromatic carbocycles. The largest absolute Gasteiger partial charge is 0.367 e. The molecule has 5 nitrogen and oxygen atoms in total. The lowest BCUT2D eigenvalue weighted by atomic mass is 9.85. The zero-order chi connectivity index (χ0) is 16.3. The molecular weight excluding hydrogens is 276 g/mol. The van der Waals surface area contributed by atoms with Crippen molar-refractivity contribution in [2.75, 3.05) is 19.4 Å². The van der Waals surface area contributed by atoms with Gasteiger partial charge >= 0.3 is 0 Å². The van der Waals surface area contributed by atoms with Gasteiger partial charge in [-0.05, 0) is 25.7 Å². The highest BCUT2D eigenvalue weighted by molar-refractivity contribution is 5.78. The Labute approximate surface area is 133 Å². The monoisotopic (exact) mass is 304 g/mol. The van der Waals surface area contributed by atoms with Crippen LogP contribution < -0.4 is 5.32 Å². The van der Waals surface area contributed by atoms with Gasteiger partial charge in [0.05, 0.1) is 5.69 Å². The zero-order valence-electron chi connectivity index (χ0n) is 14.4. The topological polar surface area (TPSA) is 58.1 Å². The molecule has 1 aliphatic rings. The molecule has 2 rings (SSSR count). The van der Waals surface area contributed by atoms with Crippen molar-refractivity contribution in [2.45, 2.75) is 57.9 Å². The number of nitrogens with one attached hydrogen (secondary N) is 1. The highest BCUT2D eigenvalue weighted by atomic mass is 16.2. The normalized spacial score (nSPS) is 22.2. The maximum absolute atomic E-state index is 12.0. The van der Waals surface area contributed by atoms with Crippen LogP contribution >= 0.6 is 0 Å². The van der Waals surface area contributed by atoms with Gasteiger partial charge in [0, 0.05) is 37.5 Å². The average Bonchev–Trinajstić information content (AvgIpc) is 2.46. The summed E-state index contributed by atoms with van der Waals surface area (Å²) in [5.41, 5.74) is 1.07. The van der Waals surface area contributed by atoms with Crippen LogP contribution in [0.25, 0.3) is 0 Å². The molecule has 1 aromatic rings. The number of amides is 1. The molecule has 0 spiro atoms. The fourth-order valence-corrected chi connectivity index (χ4v) is 2.91. The Bertz CT molecular complexity index is 514. The van der Waals surface area contributed by atoms with Gasteiger partial charge in [-0.15, -0.1) is 0 Å². The highest BCUT2D eigenvalue weighted by Gasteiger charge is 2.27. The summed E-state index contributed by atoms with van der Waals surface area (Å²) >= 11 is 0. The van der Waals surface area contributed by atoms with Crippen LogP contribution in [-0.2, 0) is 10.2 Å². The van der Waals surface area contributed by atoms with Gasteiger partial charge in [0.15, 0.2) is 0 Å². The molecule has 1 N–H and O–H groups in total.